The van der Waals surface area contributed by atoms with Crippen molar-refractivity contribution in [1.29, 1.82) is 0 Å². The summed E-state index contributed by atoms with van der Waals surface area (Å²) in [4.78, 5) is 21.6. The molecule has 0 heterocycles. The zero-order chi connectivity index (χ0) is 12.6. The van der Waals surface area contributed by atoms with Crippen LogP contribution in [-0.4, -0.2) is 22.2 Å². The van der Waals surface area contributed by atoms with Crippen LogP contribution in [0, 0.1) is 11.8 Å². The summed E-state index contributed by atoms with van der Waals surface area (Å²) in [6, 6.07) is 0. The van der Waals surface area contributed by atoms with Gasteiger partial charge in [0.05, 0.1) is 12.3 Å². The molecule has 2 atom stereocenters. The number of carboxylic acids is 2. The number of hydrogen-bond donors (Lipinski definition) is 2. The van der Waals surface area contributed by atoms with Gasteiger partial charge >= 0.3 is 41.5 Å². The molecule has 0 saturated carbocycles. The summed E-state index contributed by atoms with van der Waals surface area (Å²) in [7, 11) is 0. The van der Waals surface area contributed by atoms with Crippen molar-refractivity contribution in [3.63, 3.8) is 0 Å². The molecule has 0 aliphatic carbocycles. The zero-order valence-corrected chi connectivity index (χ0v) is 13.1. The van der Waals surface area contributed by atoms with Crippen LogP contribution in [0.2, 0.25) is 0 Å². The minimum Gasteiger partial charge on any atom is -1.00 e. The van der Waals surface area contributed by atoms with Crippen LogP contribution >= 0.6 is 0 Å². The molecule has 0 spiro atoms. The Kier molecular flexibility index (Phi) is 12.5. The molecule has 96 valence electrons. The minimum absolute atomic E-state index is 0. The summed E-state index contributed by atoms with van der Waals surface area (Å²) in [5.74, 6) is -2.76. The number of unbranched alkanes of at least 4 members (excludes halogenated alkanes) is 2. The molecule has 4 nitrogen and oxygen atoms in total. The van der Waals surface area contributed by atoms with Gasteiger partial charge < -0.3 is 11.6 Å². The molecule has 0 saturated heterocycles. The molecule has 0 fully saturated rings. The fraction of sp³-hybridized carbons (Fsp3) is 0.833. The molecule has 0 aliphatic rings. The minimum atomic E-state index is -1.03. The van der Waals surface area contributed by atoms with E-state index in [4.69, 9.17) is 10.2 Å². The average molecular weight is 254 g/mol. The summed E-state index contributed by atoms with van der Waals surface area (Å²) in [6.07, 6.45) is 4.43. The Hall–Kier alpha value is -0.0600. The first-order valence-corrected chi connectivity index (χ1v) is 5.97. The van der Waals surface area contributed by atoms with Crippen LogP contribution < -0.4 is 29.6 Å². The first-order valence-electron chi connectivity index (χ1n) is 5.97. The SMILES string of the molecule is CCCCCC(CC)C(CC(=O)O)C(=O)O.[H-].[Na+]. The van der Waals surface area contributed by atoms with Crippen molar-refractivity contribution in [2.75, 3.05) is 0 Å². The van der Waals surface area contributed by atoms with Crippen molar-refractivity contribution in [2.24, 2.45) is 11.8 Å². The molecule has 17 heavy (non-hydrogen) atoms. The molecule has 0 aromatic rings. The van der Waals surface area contributed by atoms with Crippen LogP contribution in [0.15, 0.2) is 0 Å². The van der Waals surface area contributed by atoms with E-state index in [0.717, 1.165) is 32.1 Å². The molecule has 0 aromatic heterocycles. The van der Waals surface area contributed by atoms with Gasteiger partial charge in [0.2, 0.25) is 0 Å². The average Bonchev–Trinajstić information content (AvgIpc) is 2.21. The quantitative estimate of drug-likeness (QED) is 0.444. The second-order valence-corrected chi connectivity index (χ2v) is 4.21. The summed E-state index contributed by atoms with van der Waals surface area (Å²) >= 11 is 0. The summed E-state index contributed by atoms with van der Waals surface area (Å²) in [6.45, 7) is 4.02. The third kappa shape index (κ3) is 8.63. The van der Waals surface area contributed by atoms with Gasteiger partial charge in [-0.25, -0.2) is 0 Å². The van der Waals surface area contributed by atoms with Gasteiger partial charge in [0.25, 0.3) is 0 Å². The molecule has 2 unspecified atom stereocenters. The van der Waals surface area contributed by atoms with Crippen molar-refractivity contribution in [3.05, 3.63) is 0 Å². The Bertz CT molecular complexity index is 236. The number of carboxylic acid groups (broad SMARTS) is 2. The van der Waals surface area contributed by atoms with Gasteiger partial charge in [-0.1, -0.05) is 39.5 Å². The Labute approximate surface area is 127 Å². The fourth-order valence-electron chi connectivity index (χ4n) is 1.99. The smallest absolute Gasteiger partial charge is 1.00 e. The Morgan fingerprint density at radius 3 is 2.12 bits per heavy atom. The predicted molar refractivity (Wildman–Crippen MR) is 62.4 cm³/mol. The van der Waals surface area contributed by atoms with Crippen LogP contribution in [0.5, 0.6) is 0 Å². The van der Waals surface area contributed by atoms with Crippen molar-refractivity contribution >= 4 is 11.9 Å². The predicted octanol–water partition coefficient (Wildman–Crippen LogP) is -0.115. The van der Waals surface area contributed by atoms with Gasteiger partial charge in [0.15, 0.2) is 0 Å². The summed E-state index contributed by atoms with van der Waals surface area (Å²) in [5, 5.41) is 17.7. The van der Waals surface area contributed by atoms with Crippen molar-refractivity contribution in [1.82, 2.24) is 0 Å². The Morgan fingerprint density at radius 1 is 1.18 bits per heavy atom. The van der Waals surface area contributed by atoms with Gasteiger partial charge in [0.1, 0.15) is 0 Å². The number of hydrogen-bond acceptors (Lipinski definition) is 2. The number of carbonyl (C=O) groups is 2. The largest absolute Gasteiger partial charge is 1.00 e. The van der Waals surface area contributed by atoms with E-state index < -0.39 is 17.9 Å². The topological polar surface area (TPSA) is 74.6 Å². The molecular formula is C12H23NaO4. The van der Waals surface area contributed by atoms with Crippen LogP contribution in [0.25, 0.3) is 0 Å². The Balaban J connectivity index is -0.00000112. The maximum Gasteiger partial charge on any atom is 1.00 e. The van der Waals surface area contributed by atoms with E-state index >= 15 is 0 Å². The van der Waals surface area contributed by atoms with Gasteiger partial charge in [0, 0.05) is 0 Å². The van der Waals surface area contributed by atoms with Gasteiger partial charge in [-0.3, -0.25) is 9.59 Å². The van der Waals surface area contributed by atoms with Crippen molar-refractivity contribution in [2.45, 2.75) is 52.4 Å². The van der Waals surface area contributed by atoms with E-state index in [0.29, 0.717) is 0 Å². The van der Waals surface area contributed by atoms with E-state index in [1.807, 2.05) is 6.92 Å². The zero-order valence-electron chi connectivity index (χ0n) is 12.1. The second kappa shape index (κ2) is 11.1. The van der Waals surface area contributed by atoms with E-state index in [9.17, 15) is 9.59 Å². The second-order valence-electron chi connectivity index (χ2n) is 4.21. The summed E-state index contributed by atoms with van der Waals surface area (Å²) < 4.78 is 0. The number of aliphatic carboxylic acids is 2. The van der Waals surface area contributed by atoms with E-state index in [2.05, 4.69) is 6.92 Å². The maximum absolute atomic E-state index is 11.0. The van der Waals surface area contributed by atoms with Crippen LogP contribution in [0.3, 0.4) is 0 Å². The van der Waals surface area contributed by atoms with Crippen LogP contribution in [0.1, 0.15) is 53.8 Å². The standard InChI is InChI=1S/C12H22O4.Na.H/c1-3-5-6-7-9(4-2)10(12(15)16)8-11(13)14;;/h9-10H,3-8H2,1-2H3,(H,13,14)(H,15,16);;/q;+1;-1. The van der Waals surface area contributed by atoms with E-state index in [1.165, 1.54) is 0 Å². The molecule has 0 aliphatic heterocycles. The third-order valence-electron chi connectivity index (χ3n) is 2.98. The van der Waals surface area contributed by atoms with Gasteiger partial charge in [-0.15, -0.1) is 0 Å². The molecular weight excluding hydrogens is 231 g/mol. The monoisotopic (exact) mass is 254 g/mol. The maximum atomic E-state index is 11.0. The van der Waals surface area contributed by atoms with E-state index in [1.54, 1.807) is 0 Å². The van der Waals surface area contributed by atoms with E-state index in [-0.39, 0.29) is 43.3 Å². The van der Waals surface area contributed by atoms with Gasteiger partial charge in [-0.05, 0) is 12.3 Å². The third-order valence-corrected chi connectivity index (χ3v) is 2.98. The first-order chi connectivity index (χ1) is 7.52. The van der Waals surface area contributed by atoms with Crippen molar-refractivity contribution < 1.29 is 50.8 Å². The van der Waals surface area contributed by atoms with Crippen molar-refractivity contribution in [3.8, 4) is 0 Å². The number of rotatable bonds is 9. The molecule has 0 radical (unpaired) electrons. The normalized spacial score (nSPS) is 13.5. The van der Waals surface area contributed by atoms with Crippen LogP contribution in [0.4, 0.5) is 0 Å². The Morgan fingerprint density at radius 2 is 1.76 bits per heavy atom. The first kappa shape index (κ1) is 19.3. The molecule has 0 bridgehead atoms. The molecule has 0 aromatic carbocycles. The van der Waals surface area contributed by atoms with Gasteiger partial charge in [-0.2, -0.15) is 0 Å². The molecule has 0 amide bonds. The molecule has 2 N–H and O–H groups in total. The van der Waals surface area contributed by atoms with Crippen LogP contribution in [-0.2, 0) is 9.59 Å². The molecule has 0 rings (SSSR count). The molecule has 5 heteroatoms. The fourth-order valence-corrected chi connectivity index (χ4v) is 1.99. The summed E-state index contributed by atoms with van der Waals surface area (Å²) in [5.41, 5.74) is 0.